The van der Waals surface area contributed by atoms with Gasteiger partial charge in [-0.1, -0.05) is 15.9 Å². The molecule has 1 unspecified atom stereocenters. The maximum absolute atomic E-state index is 13.2. The Morgan fingerprint density at radius 3 is 2.94 bits per heavy atom. The maximum Gasteiger partial charge on any atom is 0.168 e. The SMILES string of the molecule is CC1(C(=O)Cc2cc(F)ccc2Br)CCCCO1. The van der Waals surface area contributed by atoms with Gasteiger partial charge in [-0.25, -0.2) is 4.39 Å². The Kier molecular flexibility index (Phi) is 4.17. The van der Waals surface area contributed by atoms with Crippen LogP contribution in [0.5, 0.6) is 0 Å². The number of hydrogen-bond donors (Lipinski definition) is 0. The number of ketones is 1. The molecule has 0 N–H and O–H groups in total. The van der Waals surface area contributed by atoms with Crippen molar-refractivity contribution in [1.82, 2.24) is 0 Å². The van der Waals surface area contributed by atoms with Crippen LogP contribution in [0, 0.1) is 5.82 Å². The zero-order valence-corrected chi connectivity index (χ0v) is 11.9. The van der Waals surface area contributed by atoms with E-state index in [1.807, 2.05) is 6.92 Å². The molecule has 1 heterocycles. The summed E-state index contributed by atoms with van der Waals surface area (Å²) in [5, 5.41) is 0. The number of benzene rings is 1. The van der Waals surface area contributed by atoms with Crippen LogP contribution in [0.1, 0.15) is 31.7 Å². The predicted octanol–water partition coefficient (Wildman–Crippen LogP) is 3.66. The Bertz CT molecular complexity index is 453. The van der Waals surface area contributed by atoms with Gasteiger partial charge in [0.1, 0.15) is 11.4 Å². The van der Waals surface area contributed by atoms with Crippen molar-refractivity contribution in [3.05, 3.63) is 34.1 Å². The van der Waals surface area contributed by atoms with Crippen LogP contribution < -0.4 is 0 Å². The van der Waals surface area contributed by atoms with E-state index in [9.17, 15) is 9.18 Å². The fraction of sp³-hybridized carbons (Fsp3) is 0.500. The van der Waals surface area contributed by atoms with E-state index in [1.165, 1.54) is 12.1 Å². The molecule has 0 aromatic heterocycles. The monoisotopic (exact) mass is 314 g/mol. The highest BCUT2D eigenvalue weighted by Crippen LogP contribution is 2.28. The van der Waals surface area contributed by atoms with Crippen molar-refractivity contribution in [2.24, 2.45) is 0 Å². The van der Waals surface area contributed by atoms with Gasteiger partial charge in [-0.05, 0) is 49.9 Å². The van der Waals surface area contributed by atoms with Crippen LogP contribution in [0.4, 0.5) is 4.39 Å². The second-order valence-electron chi connectivity index (χ2n) is 4.87. The minimum absolute atomic E-state index is 0.0218. The molecule has 2 rings (SSSR count). The molecule has 4 heteroatoms. The van der Waals surface area contributed by atoms with Crippen molar-refractivity contribution in [1.29, 1.82) is 0 Å². The quantitative estimate of drug-likeness (QED) is 0.851. The van der Waals surface area contributed by atoms with Gasteiger partial charge in [0.15, 0.2) is 5.78 Å². The molecular weight excluding hydrogens is 299 g/mol. The third-order valence-electron chi connectivity index (χ3n) is 3.42. The summed E-state index contributed by atoms with van der Waals surface area (Å²) in [6.07, 6.45) is 2.96. The van der Waals surface area contributed by atoms with E-state index in [4.69, 9.17) is 4.74 Å². The average molecular weight is 315 g/mol. The zero-order valence-electron chi connectivity index (χ0n) is 10.3. The lowest BCUT2D eigenvalue weighted by atomic mass is 9.88. The minimum atomic E-state index is -0.704. The third-order valence-corrected chi connectivity index (χ3v) is 4.19. The molecule has 2 nitrogen and oxygen atoms in total. The van der Waals surface area contributed by atoms with Crippen LogP contribution in [-0.2, 0) is 16.0 Å². The molecule has 1 aromatic rings. The number of Topliss-reactive ketones (excluding diaryl/α,β-unsaturated/α-hetero) is 1. The smallest absolute Gasteiger partial charge is 0.168 e. The molecule has 0 spiro atoms. The summed E-state index contributed by atoms with van der Waals surface area (Å²) in [4.78, 5) is 12.3. The minimum Gasteiger partial charge on any atom is -0.367 e. The second-order valence-corrected chi connectivity index (χ2v) is 5.73. The van der Waals surface area contributed by atoms with Gasteiger partial charge in [-0.15, -0.1) is 0 Å². The molecule has 1 fully saturated rings. The first-order valence-electron chi connectivity index (χ1n) is 6.12. The highest BCUT2D eigenvalue weighted by atomic mass is 79.9. The fourth-order valence-electron chi connectivity index (χ4n) is 2.19. The molecule has 18 heavy (non-hydrogen) atoms. The summed E-state index contributed by atoms with van der Waals surface area (Å²) < 4.78 is 19.5. The highest BCUT2D eigenvalue weighted by molar-refractivity contribution is 9.10. The lowest BCUT2D eigenvalue weighted by molar-refractivity contribution is -0.147. The van der Waals surface area contributed by atoms with E-state index in [0.29, 0.717) is 12.2 Å². The molecule has 0 amide bonds. The second kappa shape index (κ2) is 5.49. The van der Waals surface area contributed by atoms with Crippen molar-refractivity contribution < 1.29 is 13.9 Å². The fourth-order valence-corrected chi connectivity index (χ4v) is 2.58. The summed E-state index contributed by atoms with van der Waals surface area (Å²) in [5.74, 6) is -0.302. The Balaban J connectivity index is 2.13. The van der Waals surface area contributed by atoms with Gasteiger partial charge in [-0.3, -0.25) is 4.79 Å². The largest absolute Gasteiger partial charge is 0.367 e. The number of carbonyl (C=O) groups is 1. The van der Waals surface area contributed by atoms with Crippen LogP contribution in [0.2, 0.25) is 0 Å². The maximum atomic E-state index is 13.2. The van der Waals surface area contributed by atoms with Gasteiger partial charge in [0.25, 0.3) is 0 Å². The molecule has 0 saturated carbocycles. The lowest BCUT2D eigenvalue weighted by Gasteiger charge is -2.32. The van der Waals surface area contributed by atoms with Crippen molar-refractivity contribution in [2.75, 3.05) is 6.61 Å². The first kappa shape index (κ1) is 13.7. The summed E-state index contributed by atoms with van der Waals surface area (Å²) in [6.45, 7) is 2.47. The number of carbonyl (C=O) groups excluding carboxylic acids is 1. The lowest BCUT2D eigenvalue weighted by Crippen LogP contribution is -2.42. The Morgan fingerprint density at radius 1 is 1.50 bits per heavy atom. The molecular formula is C14H16BrFO2. The predicted molar refractivity (Wildman–Crippen MR) is 71.0 cm³/mol. The summed E-state index contributed by atoms with van der Waals surface area (Å²) in [5.41, 5.74) is -0.0281. The normalized spacial score (nSPS) is 23.9. The molecule has 1 saturated heterocycles. The topological polar surface area (TPSA) is 26.3 Å². The number of hydrogen-bond acceptors (Lipinski definition) is 2. The zero-order chi connectivity index (χ0) is 13.2. The van der Waals surface area contributed by atoms with Crippen molar-refractivity contribution in [3.63, 3.8) is 0 Å². The van der Waals surface area contributed by atoms with Gasteiger partial charge < -0.3 is 4.74 Å². The number of halogens is 2. The first-order valence-corrected chi connectivity index (χ1v) is 6.92. The Morgan fingerprint density at radius 2 is 2.28 bits per heavy atom. The number of rotatable bonds is 3. The Labute approximate surface area is 115 Å². The van der Waals surface area contributed by atoms with E-state index >= 15 is 0 Å². The van der Waals surface area contributed by atoms with Crippen LogP contribution >= 0.6 is 15.9 Å². The Hall–Kier alpha value is -0.740. The van der Waals surface area contributed by atoms with E-state index < -0.39 is 5.60 Å². The van der Waals surface area contributed by atoms with Crippen molar-refractivity contribution >= 4 is 21.7 Å². The van der Waals surface area contributed by atoms with Crippen LogP contribution in [0.25, 0.3) is 0 Å². The van der Waals surface area contributed by atoms with Gasteiger partial charge in [0.05, 0.1) is 0 Å². The molecule has 0 radical (unpaired) electrons. The molecule has 98 valence electrons. The van der Waals surface area contributed by atoms with Crippen molar-refractivity contribution in [3.8, 4) is 0 Å². The molecule has 0 bridgehead atoms. The summed E-state index contributed by atoms with van der Waals surface area (Å²) in [6, 6.07) is 4.40. The van der Waals surface area contributed by atoms with Crippen LogP contribution in [0.3, 0.4) is 0 Å². The third kappa shape index (κ3) is 2.98. The van der Waals surface area contributed by atoms with Gasteiger partial charge in [0.2, 0.25) is 0 Å². The number of ether oxygens (including phenoxy) is 1. The molecule has 1 aliphatic heterocycles. The van der Waals surface area contributed by atoms with Crippen LogP contribution in [0.15, 0.2) is 22.7 Å². The standard InChI is InChI=1S/C14H16BrFO2/c1-14(6-2-3-7-18-14)13(17)9-10-8-11(16)4-5-12(10)15/h4-5,8H,2-3,6-7,9H2,1H3. The summed E-state index contributed by atoms with van der Waals surface area (Å²) in [7, 11) is 0. The molecule has 0 aliphatic carbocycles. The van der Waals surface area contributed by atoms with Gasteiger partial charge in [0, 0.05) is 17.5 Å². The van der Waals surface area contributed by atoms with E-state index in [2.05, 4.69) is 15.9 Å². The van der Waals surface area contributed by atoms with E-state index in [1.54, 1.807) is 6.07 Å². The highest BCUT2D eigenvalue weighted by Gasteiger charge is 2.35. The first-order chi connectivity index (χ1) is 8.51. The van der Waals surface area contributed by atoms with Gasteiger partial charge in [-0.2, -0.15) is 0 Å². The average Bonchev–Trinajstić information content (AvgIpc) is 2.35. The van der Waals surface area contributed by atoms with E-state index in [-0.39, 0.29) is 18.0 Å². The molecule has 1 atom stereocenters. The van der Waals surface area contributed by atoms with Gasteiger partial charge >= 0.3 is 0 Å². The molecule has 1 aromatic carbocycles. The molecule has 1 aliphatic rings. The summed E-state index contributed by atoms with van der Waals surface area (Å²) >= 11 is 3.34. The van der Waals surface area contributed by atoms with Crippen molar-refractivity contribution in [2.45, 2.75) is 38.2 Å². The van der Waals surface area contributed by atoms with Crippen LogP contribution in [-0.4, -0.2) is 18.0 Å². The van der Waals surface area contributed by atoms with E-state index in [0.717, 1.165) is 23.7 Å².